The van der Waals surface area contributed by atoms with E-state index in [0.717, 1.165) is 12.5 Å². The lowest BCUT2D eigenvalue weighted by molar-refractivity contribution is 0.0698. The van der Waals surface area contributed by atoms with Gasteiger partial charge in [0.2, 0.25) is 0 Å². The summed E-state index contributed by atoms with van der Waals surface area (Å²) in [7, 11) is 0. The molecule has 0 aliphatic heterocycles. The molecule has 2 unspecified atom stereocenters. The summed E-state index contributed by atoms with van der Waals surface area (Å²) >= 11 is 0. The molecule has 4 nitrogen and oxygen atoms in total. The minimum atomic E-state index is -0.940. The second-order valence-corrected chi connectivity index (χ2v) is 5.24. The predicted molar refractivity (Wildman–Crippen MR) is 72.8 cm³/mol. The van der Waals surface area contributed by atoms with Crippen molar-refractivity contribution in [1.29, 1.82) is 0 Å². The van der Waals surface area contributed by atoms with E-state index in [1.54, 1.807) is 18.2 Å². The van der Waals surface area contributed by atoms with Crippen LogP contribution >= 0.6 is 0 Å². The minimum absolute atomic E-state index is 0.251. The Morgan fingerprint density at radius 1 is 1.50 bits per heavy atom. The number of rotatable bonds is 4. The van der Waals surface area contributed by atoms with Crippen LogP contribution in [0.3, 0.4) is 0 Å². The van der Waals surface area contributed by atoms with Crippen molar-refractivity contribution >= 4 is 17.3 Å². The fraction of sp³-hybridized carbons (Fsp3) is 0.500. The molecule has 98 valence electrons. The van der Waals surface area contributed by atoms with E-state index in [4.69, 9.17) is 10.8 Å². The van der Waals surface area contributed by atoms with Gasteiger partial charge in [-0.05, 0) is 36.8 Å². The molecule has 0 bridgehead atoms. The van der Waals surface area contributed by atoms with Gasteiger partial charge in [0.25, 0.3) is 0 Å². The third-order valence-corrected chi connectivity index (χ3v) is 3.70. The molecular formula is C14H20N2O2. The van der Waals surface area contributed by atoms with Gasteiger partial charge >= 0.3 is 5.97 Å². The van der Waals surface area contributed by atoms with Crippen LogP contribution in [0.5, 0.6) is 0 Å². The van der Waals surface area contributed by atoms with Crippen LogP contribution < -0.4 is 11.1 Å². The molecule has 1 aromatic carbocycles. The van der Waals surface area contributed by atoms with Gasteiger partial charge in [0.15, 0.2) is 0 Å². The monoisotopic (exact) mass is 248 g/mol. The van der Waals surface area contributed by atoms with E-state index >= 15 is 0 Å². The summed E-state index contributed by atoms with van der Waals surface area (Å²) in [5.74, 6) is 0.467. The molecule has 0 radical (unpaired) electrons. The van der Waals surface area contributed by atoms with Crippen molar-refractivity contribution in [3.05, 3.63) is 23.8 Å². The van der Waals surface area contributed by atoms with Gasteiger partial charge in [0.05, 0.1) is 16.9 Å². The Balaban J connectivity index is 2.06. The molecule has 0 heterocycles. The second-order valence-electron chi connectivity index (χ2n) is 5.24. The molecule has 0 saturated heterocycles. The second kappa shape index (κ2) is 5.29. The quantitative estimate of drug-likeness (QED) is 0.716. The number of nitrogen functional groups attached to an aromatic ring is 1. The topological polar surface area (TPSA) is 75.3 Å². The molecule has 1 aromatic rings. The normalized spacial score (nSPS) is 22.9. The first kappa shape index (κ1) is 12.7. The van der Waals surface area contributed by atoms with Gasteiger partial charge in [-0.2, -0.15) is 0 Å². The van der Waals surface area contributed by atoms with Gasteiger partial charge in [0.1, 0.15) is 0 Å². The van der Waals surface area contributed by atoms with Crippen LogP contribution in [0.2, 0.25) is 0 Å². The Hall–Kier alpha value is -1.71. The van der Waals surface area contributed by atoms with E-state index in [2.05, 4.69) is 12.2 Å². The Labute approximate surface area is 107 Å². The first-order chi connectivity index (χ1) is 8.58. The number of benzene rings is 1. The van der Waals surface area contributed by atoms with E-state index in [0.29, 0.717) is 17.3 Å². The molecule has 0 spiro atoms. The average molecular weight is 248 g/mol. The summed E-state index contributed by atoms with van der Waals surface area (Å²) in [6, 6.07) is 4.98. The Morgan fingerprint density at radius 3 is 2.89 bits per heavy atom. The number of carboxylic acid groups (broad SMARTS) is 1. The van der Waals surface area contributed by atoms with Gasteiger partial charge in [-0.1, -0.05) is 19.4 Å². The largest absolute Gasteiger partial charge is 0.478 e. The number of hydrogen-bond acceptors (Lipinski definition) is 3. The molecule has 18 heavy (non-hydrogen) atoms. The van der Waals surface area contributed by atoms with Crippen LogP contribution in [0.4, 0.5) is 11.4 Å². The lowest BCUT2D eigenvalue weighted by atomic mass is 10.1. The Bertz CT molecular complexity index is 445. The van der Waals surface area contributed by atoms with Crippen molar-refractivity contribution in [2.45, 2.75) is 26.2 Å². The van der Waals surface area contributed by atoms with Crippen LogP contribution in [0.25, 0.3) is 0 Å². The van der Waals surface area contributed by atoms with E-state index < -0.39 is 5.97 Å². The maximum Gasteiger partial charge on any atom is 0.337 e. The maximum absolute atomic E-state index is 11.1. The summed E-state index contributed by atoms with van der Waals surface area (Å²) in [5, 5.41) is 12.3. The number of carbonyl (C=O) groups is 1. The molecule has 4 N–H and O–H groups in total. The van der Waals surface area contributed by atoms with Crippen molar-refractivity contribution in [3.8, 4) is 0 Å². The summed E-state index contributed by atoms with van der Waals surface area (Å²) < 4.78 is 0. The highest BCUT2D eigenvalue weighted by Gasteiger charge is 2.22. The van der Waals surface area contributed by atoms with Crippen molar-refractivity contribution < 1.29 is 9.90 Å². The zero-order valence-corrected chi connectivity index (χ0v) is 10.6. The van der Waals surface area contributed by atoms with Crippen molar-refractivity contribution in [3.63, 3.8) is 0 Å². The number of aromatic carboxylic acids is 1. The number of anilines is 2. The van der Waals surface area contributed by atoms with Gasteiger partial charge in [-0.15, -0.1) is 0 Å². The van der Waals surface area contributed by atoms with E-state index in [-0.39, 0.29) is 5.56 Å². The third kappa shape index (κ3) is 2.75. The van der Waals surface area contributed by atoms with Gasteiger partial charge in [-0.25, -0.2) is 4.79 Å². The molecule has 1 aliphatic carbocycles. The standard InChI is InChI=1S/C14H20N2O2/c1-9-5-6-10(7-9)8-16-13-11(14(17)18)3-2-4-12(13)15/h2-4,9-10,16H,5-8,15H2,1H3,(H,17,18). The van der Waals surface area contributed by atoms with E-state index in [1.165, 1.54) is 19.3 Å². The van der Waals surface area contributed by atoms with Gasteiger partial charge < -0.3 is 16.2 Å². The molecular weight excluding hydrogens is 228 g/mol. The first-order valence-electron chi connectivity index (χ1n) is 6.43. The van der Waals surface area contributed by atoms with E-state index in [9.17, 15) is 4.79 Å². The Morgan fingerprint density at radius 2 is 2.28 bits per heavy atom. The molecule has 0 amide bonds. The highest BCUT2D eigenvalue weighted by Crippen LogP contribution is 2.31. The number of hydrogen-bond donors (Lipinski definition) is 3. The smallest absolute Gasteiger partial charge is 0.337 e. The summed E-state index contributed by atoms with van der Waals surface area (Å²) in [6.45, 7) is 3.07. The number of carboxylic acids is 1. The number of nitrogens with one attached hydrogen (secondary N) is 1. The molecule has 1 aliphatic rings. The average Bonchev–Trinajstić information content (AvgIpc) is 2.73. The molecule has 1 fully saturated rings. The molecule has 0 aromatic heterocycles. The van der Waals surface area contributed by atoms with Crippen molar-refractivity contribution in [1.82, 2.24) is 0 Å². The van der Waals surface area contributed by atoms with Crippen LogP contribution in [-0.2, 0) is 0 Å². The number of nitrogens with two attached hydrogens (primary N) is 1. The van der Waals surface area contributed by atoms with Gasteiger partial charge in [-0.3, -0.25) is 0 Å². The van der Waals surface area contributed by atoms with Crippen LogP contribution in [-0.4, -0.2) is 17.6 Å². The van der Waals surface area contributed by atoms with Crippen LogP contribution in [0, 0.1) is 11.8 Å². The number of para-hydroxylation sites is 1. The molecule has 2 atom stereocenters. The fourth-order valence-electron chi connectivity index (χ4n) is 2.70. The van der Waals surface area contributed by atoms with Gasteiger partial charge in [0, 0.05) is 6.54 Å². The maximum atomic E-state index is 11.1. The fourth-order valence-corrected chi connectivity index (χ4v) is 2.70. The SMILES string of the molecule is CC1CCC(CNc2c(N)cccc2C(=O)O)C1. The summed E-state index contributed by atoms with van der Waals surface area (Å²) in [5.41, 5.74) is 7.16. The van der Waals surface area contributed by atoms with E-state index in [1.807, 2.05) is 0 Å². The highest BCUT2D eigenvalue weighted by atomic mass is 16.4. The zero-order chi connectivity index (χ0) is 13.1. The molecule has 4 heteroatoms. The zero-order valence-electron chi connectivity index (χ0n) is 10.6. The van der Waals surface area contributed by atoms with Crippen molar-refractivity contribution in [2.75, 3.05) is 17.6 Å². The molecule has 1 saturated carbocycles. The third-order valence-electron chi connectivity index (χ3n) is 3.70. The predicted octanol–water partition coefficient (Wildman–Crippen LogP) is 2.82. The minimum Gasteiger partial charge on any atom is -0.478 e. The lowest BCUT2D eigenvalue weighted by Crippen LogP contribution is -2.15. The van der Waals surface area contributed by atoms with Crippen LogP contribution in [0.15, 0.2) is 18.2 Å². The summed E-state index contributed by atoms with van der Waals surface area (Å²) in [6.07, 6.45) is 3.69. The summed E-state index contributed by atoms with van der Waals surface area (Å²) in [4.78, 5) is 11.1. The van der Waals surface area contributed by atoms with Crippen molar-refractivity contribution in [2.24, 2.45) is 11.8 Å². The Kier molecular flexibility index (Phi) is 3.75. The highest BCUT2D eigenvalue weighted by molar-refractivity contribution is 5.97. The van der Waals surface area contributed by atoms with Crippen LogP contribution in [0.1, 0.15) is 36.5 Å². The molecule has 2 rings (SSSR count). The lowest BCUT2D eigenvalue weighted by Gasteiger charge is -2.15. The first-order valence-corrected chi connectivity index (χ1v) is 6.43.